The second-order valence-corrected chi connectivity index (χ2v) is 7.49. The average molecular weight is 402 g/mol. The van der Waals surface area contributed by atoms with Crippen LogP contribution in [0.4, 0.5) is 5.69 Å². The number of rotatable bonds is 5. The summed E-state index contributed by atoms with van der Waals surface area (Å²) in [4.78, 5) is 10.9. The van der Waals surface area contributed by atoms with Gasteiger partial charge in [0.2, 0.25) is 11.9 Å². The summed E-state index contributed by atoms with van der Waals surface area (Å²) in [6.45, 7) is 1.03. The van der Waals surface area contributed by atoms with Gasteiger partial charge in [0.05, 0.1) is 23.5 Å². The van der Waals surface area contributed by atoms with Crippen LogP contribution in [-0.2, 0) is 6.54 Å². The van der Waals surface area contributed by atoms with E-state index in [9.17, 15) is 0 Å². The number of anilines is 1. The Bertz CT molecular complexity index is 901. The molecule has 0 unspecified atom stereocenters. The number of aromatic nitrogens is 2. The van der Waals surface area contributed by atoms with Gasteiger partial charge in [0.1, 0.15) is 18.0 Å². The highest BCUT2D eigenvalue weighted by Crippen LogP contribution is 2.42. The molecule has 2 heterocycles. The number of para-hydroxylation sites is 2. The zero-order valence-electron chi connectivity index (χ0n) is 15.6. The molecule has 1 aromatic heterocycles. The van der Waals surface area contributed by atoms with Gasteiger partial charge in [-0.25, -0.2) is 4.99 Å². The molecular weight excluding hydrogens is 378 g/mol. The highest BCUT2D eigenvalue weighted by molar-refractivity contribution is 6.30. The summed E-state index contributed by atoms with van der Waals surface area (Å²) in [6.07, 6.45) is 8.46. The Kier molecular flexibility index (Phi) is 5.13. The van der Waals surface area contributed by atoms with Crippen LogP contribution in [0, 0.1) is 0 Å². The van der Waals surface area contributed by atoms with E-state index in [-0.39, 0.29) is 5.96 Å². The molecule has 2 aliphatic rings. The van der Waals surface area contributed by atoms with Crippen molar-refractivity contribution in [3.63, 3.8) is 0 Å². The number of hydrogen-bond acceptors (Lipinski definition) is 7. The quantitative estimate of drug-likeness (QED) is 0.800. The largest absolute Gasteiger partial charge is 0.489 e. The SMILES string of the molecule is NC1=NC2(CCCCC2)N(c2ccccc2OCCn2cc(Cl)cn2)C(N)=N1. The minimum atomic E-state index is -0.497. The molecule has 148 valence electrons. The molecule has 1 aliphatic heterocycles. The van der Waals surface area contributed by atoms with Crippen molar-refractivity contribution in [1.29, 1.82) is 0 Å². The lowest BCUT2D eigenvalue weighted by atomic mass is 9.87. The van der Waals surface area contributed by atoms with E-state index in [0.29, 0.717) is 24.1 Å². The molecule has 8 nitrogen and oxygen atoms in total. The monoisotopic (exact) mass is 401 g/mol. The second kappa shape index (κ2) is 7.71. The van der Waals surface area contributed by atoms with Crippen LogP contribution < -0.4 is 21.1 Å². The first-order valence-corrected chi connectivity index (χ1v) is 9.85. The van der Waals surface area contributed by atoms with E-state index in [2.05, 4.69) is 10.1 Å². The van der Waals surface area contributed by atoms with Crippen molar-refractivity contribution in [2.45, 2.75) is 44.3 Å². The molecule has 28 heavy (non-hydrogen) atoms. The number of nitrogens with two attached hydrogens (primary N) is 2. The molecule has 0 radical (unpaired) electrons. The summed E-state index contributed by atoms with van der Waals surface area (Å²) >= 11 is 5.91. The van der Waals surface area contributed by atoms with Crippen LogP contribution in [0.3, 0.4) is 0 Å². The van der Waals surface area contributed by atoms with Gasteiger partial charge in [-0.3, -0.25) is 9.58 Å². The standard InChI is InChI=1S/C19H24ClN7O/c20-14-12-23-26(13-14)10-11-28-16-7-3-2-6-15(16)27-18(22)24-17(21)25-19(27)8-4-1-5-9-19/h2-3,6-7,12-13H,1,4-5,8-11H2,(H4,21,22,24,25). The van der Waals surface area contributed by atoms with Crippen molar-refractivity contribution >= 4 is 29.2 Å². The Morgan fingerprint density at radius 3 is 2.68 bits per heavy atom. The first-order valence-electron chi connectivity index (χ1n) is 9.47. The number of nitrogens with zero attached hydrogens (tertiary/aromatic N) is 5. The van der Waals surface area contributed by atoms with Crippen LogP contribution in [0.1, 0.15) is 32.1 Å². The molecule has 1 saturated carbocycles. The number of aliphatic imine (C=N–C) groups is 2. The molecule has 9 heteroatoms. The number of ether oxygens (including phenoxy) is 1. The predicted molar refractivity (Wildman–Crippen MR) is 111 cm³/mol. The Morgan fingerprint density at radius 1 is 1.14 bits per heavy atom. The Morgan fingerprint density at radius 2 is 1.93 bits per heavy atom. The van der Waals surface area contributed by atoms with Gasteiger partial charge in [0.15, 0.2) is 0 Å². The van der Waals surface area contributed by atoms with E-state index in [0.717, 1.165) is 37.1 Å². The normalized spacial score (nSPS) is 18.7. The van der Waals surface area contributed by atoms with Crippen LogP contribution in [0.5, 0.6) is 5.75 Å². The third kappa shape index (κ3) is 3.64. The van der Waals surface area contributed by atoms with Crippen molar-refractivity contribution < 1.29 is 4.74 Å². The second-order valence-electron chi connectivity index (χ2n) is 7.06. The first kappa shape index (κ1) is 18.6. The van der Waals surface area contributed by atoms with E-state index in [4.69, 9.17) is 32.8 Å². The molecule has 0 amide bonds. The predicted octanol–water partition coefficient (Wildman–Crippen LogP) is 2.73. The van der Waals surface area contributed by atoms with Crippen LogP contribution in [-0.4, -0.2) is 34.0 Å². The lowest BCUT2D eigenvalue weighted by Crippen LogP contribution is -2.58. The maximum absolute atomic E-state index is 6.33. The molecule has 1 aromatic carbocycles. The van der Waals surface area contributed by atoms with Crippen molar-refractivity contribution in [3.8, 4) is 5.75 Å². The summed E-state index contributed by atoms with van der Waals surface area (Å²) in [5.41, 5.74) is 12.6. The molecule has 1 aliphatic carbocycles. The van der Waals surface area contributed by atoms with Gasteiger partial charge in [-0.2, -0.15) is 10.1 Å². The fourth-order valence-corrected chi connectivity index (χ4v) is 4.10. The third-order valence-electron chi connectivity index (χ3n) is 5.14. The average Bonchev–Trinajstić information content (AvgIpc) is 3.08. The van der Waals surface area contributed by atoms with Crippen molar-refractivity contribution in [2.75, 3.05) is 11.5 Å². The first-order chi connectivity index (χ1) is 13.6. The Balaban J connectivity index is 1.59. The minimum absolute atomic E-state index is 0.240. The maximum atomic E-state index is 6.33. The molecule has 0 atom stereocenters. The number of halogens is 1. The van der Waals surface area contributed by atoms with E-state index in [1.807, 2.05) is 29.2 Å². The van der Waals surface area contributed by atoms with Gasteiger partial charge >= 0.3 is 0 Å². The smallest absolute Gasteiger partial charge is 0.220 e. The van der Waals surface area contributed by atoms with Gasteiger partial charge in [-0.15, -0.1) is 0 Å². The third-order valence-corrected chi connectivity index (χ3v) is 5.33. The van der Waals surface area contributed by atoms with Crippen LogP contribution in [0.2, 0.25) is 5.02 Å². The summed E-state index contributed by atoms with van der Waals surface area (Å²) < 4.78 is 7.82. The van der Waals surface area contributed by atoms with Gasteiger partial charge in [-0.1, -0.05) is 30.2 Å². The zero-order chi connectivity index (χ0) is 19.6. The van der Waals surface area contributed by atoms with Gasteiger partial charge in [0.25, 0.3) is 0 Å². The zero-order valence-corrected chi connectivity index (χ0v) is 16.3. The minimum Gasteiger partial charge on any atom is -0.489 e. The summed E-state index contributed by atoms with van der Waals surface area (Å²) in [6, 6.07) is 7.81. The summed E-state index contributed by atoms with van der Waals surface area (Å²) in [7, 11) is 0. The van der Waals surface area contributed by atoms with Crippen LogP contribution >= 0.6 is 11.6 Å². The molecule has 4 rings (SSSR count). The number of hydrogen-bond donors (Lipinski definition) is 2. The molecule has 0 bridgehead atoms. The van der Waals surface area contributed by atoms with Gasteiger partial charge < -0.3 is 16.2 Å². The van der Waals surface area contributed by atoms with E-state index in [1.54, 1.807) is 17.1 Å². The van der Waals surface area contributed by atoms with Gasteiger partial charge in [0, 0.05) is 6.20 Å². The fourth-order valence-electron chi connectivity index (χ4n) is 3.94. The molecular formula is C19H24ClN7O. The van der Waals surface area contributed by atoms with Crippen molar-refractivity contribution in [1.82, 2.24) is 9.78 Å². The Labute approximate surface area is 168 Å². The number of guanidine groups is 2. The topological polar surface area (TPSA) is 107 Å². The maximum Gasteiger partial charge on any atom is 0.220 e. The van der Waals surface area contributed by atoms with Crippen molar-refractivity contribution in [2.24, 2.45) is 21.5 Å². The molecule has 4 N–H and O–H groups in total. The van der Waals surface area contributed by atoms with Gasteiger partial charge in [-0.05, 0) is 37.8 Å². The molecule has 2 aromatic rings. The van der Waals surface area contributed by atoms with Crippen LogP contribution in [0.25, 0.3) is 0 Å². The van der Waals surface area contributed by atoms with E-state index >= 15 is 0 Å². The van der Waals surface area contributed by atoms with Crippen molar-refractivity contribution in [3.05, 3.63) is 41.7 Å². The van der Waals surface area contributed by atoms with E-state index in [1.165, 1.54) is 6.42 Å². The van der Waals surface area contributed by atoms with E-state index < -0.39 is 5.66 Å². The number of benzene rings is 1. The fraction of sp³-hybridized carbons (Fsp3) is 0.421. The van der Waals surface area contributed by atoms with Crippen LogP contribution in [0.15, 0.2) is 46.6 Å². The molecule has 1 spiro atoms. The summed E-state index contributed by atoms with van der Waals surface area (Å²) in [5, 5.41) is 4.78. The molecule has 0 saturated heterocycles. The lowest BCUT2D eigenvalue weighted by Gasteiger charge is -2.45. The Hall–Kier alpha value is -2.74. The summed E-state index contributed by atoms with van der Waals surface area (Å²) in [5.74, 6) is 1.31. The highest BCUT2D eigenvalue weighted by atomic mass is 35.5. The highest BCUT2D eigenvalue weighted by Gasteiger charge is 2.43. The lowest BCUT2D eigenvalue weighted by molar-refractivity contribution is 0.282. The molecule has 1 fully saturated rings.